The first-order valence-corrected chi connectivity index (χ1v) is 6.00. The van der Waals surface area contributed by atoms with Crippen LogP contribution in [0.3, 0.4) is 0 Å². The van der Waals surface area contributed by atoms with Crippen LogP contribution in [0.25, 0.3) is 0 Å². The Morgan fingerprint density at radius 1 is 1.25 bits per heavy atom. The molecular weight excluding hydrogens is 271 g/mol. The molecule has 0 unspecified atom stereocenters. The molecule has 108 valence electrons. The van der Waals surface area contributed by atoms with E-state index in [0.29, 0.717) is 12.3 Å². The molecule has 0 atom stereocenters. The maximum atomic E-state index is 12.6. The number of furan rings is 1. The average Bonchev–Trinajstić information content (AvgIpc) is 2.84. The first-order chi connectivity index (χ1) is 9.50. The molecule has 1 aromatic heterocycles. The van der Waals surface area contributed by atoms with Gasteiger partial charge in [-0.2, -0.15) is 13.2 Å². The van der Waals surface area contributed by atoms with Crippen LogP contribution >= 0.6 is 0 Å². The minimum atomic E-state index is -4.37. The number of ether oxygens (including phenoxy) is 1. The second kappa shape index (κ2) is 6.00. The summed E-state index contributed by atoms with van der Waals surface area (Å²) in [6, 6.07) is 6.55. The van der Waals surface area contributed by atoms with Crippen LogP contribution in [-0.4, -0.2) is 7.05 Å². The van der Waals surface area contributed by atoms with Gasteiger partial charge in [0, 0.05) is 5.56 Å². The lowest BCUT2D eigenvalue weighted by molar-refractivity contribution is -0.137. The van der Waals surface area contributed by atoms with Gasteiger partial charge in [-0.3, -0.25) is 0 Å². The van der Waals surface area contributed by atoms with Crippen molar-refractivity contribution in [3.05, 3.63) is 53.5 Å². The predicted octanol–water partition coefficient (Wildman–Crippen LogP) is 3.60. The monoisotopic (exact) mass is 285 g/mol. The second-order valence-corrected chi connectivity index (χ2v) is 4.21. The molecule has 0 aliphatic heterocycles. The fourth-order valence-corrected chi connectivity index (χ4v) is 1.73. The summed E-state index contributed by atoms with van der Waals surface area (Å²) >= 11 is 0. The minimum Gasteiger partial charge on any atom is -0.489 e. The van der Waals surface area contributed by atoms with Crippen LogP contribution in [0.1, 0.15) is 16.9 Å². The molecule has 1 aromatic carbocycles. The standard InChI is InChI=1S/C14H14F3NO2/c1-18-8-13-10(5-6-19-13)9-20-12-4-2-3-11(7-12)14(15,16)17/h2-7,18H,8-9H2,1H3. The Balaban J connectivity index is 2.05. The molecule has 0 fully saturated rings. The van der Waals surface area contributed by atoms with Crippen molar-refractivity contribution >= 4 is 0 Å². The zero-order valence-corrected chi connectivity index (χ0v) is 10.8. The molecule has 0 saturated carbocycles. The van der Waals surface area contributed by atoms with E-state index in [0.717, 1.165) is 17.7 Å². The number of benzene rings is 1. The van der Waals surface area contributed by atoms with E-state index in [-0.39, 0.29) is 12.4 Å². The predicted molar refractivity (Wildman–Crippen MR) is 67.2 cm³/mol. The molecule has 2 rings (SSSR count). The summed E-state index contributed by atoms with van der Waals surface area (Å²) in [5.41, 5.74) is 0.0782. The maximum absolute atomic E-state index is 12.6. The largest absolute Gasteiger partial charge is 0.489 e. The molecule has 0 aliphatic carbocycles. The molecular formula is C14H14F3NO2. The Kier molecular flexibility index (Phi) is 4.34. The van der Waals surface area contributed by atoms with Gasteiger partial charge >= 0.3 is 6.18 Å². The zero-order valence-electron chi connectivity index (χ0n) is 10.8. The smallest absolute Gasteiger partial charge is 0.416 e. The van der Waals surface area contributed by atoms with Gasteiger partial charge in [0.05, 0.1) is 18.4 Å². The van der Waals surface area contributed by atoms with E-state index in [4.69, 9.17) is 9.15 Å². The molecule has 0 amide bonds. The third-order valence-corrected chi connectivity index (χ3v) is 2.73. The molecule has 3 nitrogen and oxygen atoms in total. The van der Waals surface area contributed by atoms with Gasteiger partial charge in [-0.25, -0.2) is 0 Å². The molecule has 0 spiro atoms. The van der Waals surface area contributed by atoms with Crippen molar-refractivity contribution in [3.63, 3.8) is 0 Å². The summed E-state index contributed by atoms with van der Waals surface area (Å²) in [6.45, 7) is 0.698. The van der Waals surface area contributed by atoms with Crippen LogP contribution in [0.5, 0.6) is 5.75 Å². The van der Waals surface area contributed by atoms with Crippen molar-refractivity contribution in [2.24, 2.45) is 0 Å². The summed E-state index contributed by atoms with van der Waals surface area (Å²) in [5.74, 6) is 0.885. The van der Waals surface area contributed by atoms with Crippen molar-refractivity contribution in [2.75, 3.05) is 7.05 Å². The van der Waals surface area contributed by atoms with E-state index in [2.05, 4.69) is 5.32 Å². The first kappa shape index (κ1) is 14.5. The molecule has 20 heavy (non-hydrogen) atoms. The Morgan fingerprint density at radius 2 is 2.05 bits per heavy atom. The van der Waals surface area contributed by atoms with Crippen molar-refractivity contribution < 1.29 is 22.3 Å². The lowest BCUT2D eigenvalue weighted by Crippen LogP contribution is -2.08. The Morgan fingerprint density at radius 3 is 2.75 bits per heavy atom. The highest BCUT2D eigenvalue weighted by Crippen LogP contribution is 2.31. The lowest BCUT2D eigenvalue weighted by atomic mass is 10.2. The Labute approximate surface area is 114 Å². The van der Waals surface area contributed by atoms with Crippen molar-refractivity contribution in [1.82, 2.24) is 5.32 Å². The summed E-state index contributed by atoms with van der Waals surface area (Å²) in [5, 5.41) is 2.94. The average molecular weight is 285 g/mol. The van der Waals surface area contributed by atoms with E-state index in [1.807, 2.05) is 0 Å². The number of halogens is 3. The van der Waals surface area contributed by atoms with E-state index < -0.39 is 11.7 Å². The normalized spacial score (nSPS) is 11.6. The summed E-state index contributed by atoms with van der Waals surface area (Å²) in [6.07, 6.45) is -2.84. The number of hydrogen-bond donors (Lipinski definition) is 1. The van der Waals surface area contributed by atoms with Gasteiger partial charge in [0.15, 0.2) is 0 Å². The molecule has 1 N–H and O–H groups in total. The number of nitrogens with one attached hydrogen (secondary N) is 1. The molecule has 6 heteroatoms. The second-order valence-electron chi connectivity index (χ2n) is 4.21. The van der Waals surface area contributed by atoms with Crippen LogP contribution in [0.15, 0.2) is 41.0 Å². The topological polar surface area (TPSA) is 34.4 Å². The maximum Gasteiger partial charge on any atom is 0.416 e. The Hall–Kier alpha value is -1.95. The highest BCUT2D eigenvalue weighted by atomic mass is 19.4. The fraction of sp³-hybridized carbons (Fsp3) is 0.286. The van der Waals surface area contributed by atoms with Crippen LogP contribution in [0.4, 0.5) is 13.2 Å². The zero-order chi connectivity index (χ0) is 14.6. The van der Waals surface area contributed by atoms with Gasteiger partial charge in [0.25, 0.3) is 0 Å². The van der Waals surface area contributed by atoms with Gasteiger partial charge in [-0.15, -0.1) is 0 Å². The first-order valence-electron chi connectivity index (χ1n) is 6.00. The van der Waals surface area contributed by atoms with E-state index in [1.165, 1.54) is 18.4 Å². The molecule has 0 aliphatic rings. The van der Waals surface area contributed by atoms with Gasteiger partial charge in [-0.05, 0) is 31.3 Å². The van der Waals surface area contributed by atoms with Crippen molar-refractivity contribution in [2.45, 2.75) is 19.3 Å². The van der Waals surface area contributed by atoms with Gasteiger partial charge in [0.2, 0.25) is 0 Å². The third kappa shape index (κ3) is 3.54. The number of hydrogen-bond acceptors (Lipinski definition) is 3. The highest BCUT2D eigenvalue weighted by Gasteiger charge is 2.30. The van der Waals surface area contributed by atoms with E-state index in [9.17, 15) is 13.2 Å². The van der Waals surface area contributed by atoms with Crippen molar-refractivity contribution in [3.8, 4) is 5.75 Å². The molecule has 2 aromatic rings. The molecule has 0 saturated heterocycles. The van der Waals surface area contributed by atoms with Gasteiger partial charge < -0.3 is 14.5 Å². The fourth-order valence-electron chi connectivity index (χ4n) is 1.73. The molecule has 0 bridgehead atoms. The SMILES string of the molecule is CNCc1occc1COc1cccc(C(F)(F)F)c1. The van der Waals surface area contributed by atoms with E-state index in [1.54, 1.807) is 13.1 Å². The number of rotatable bonds is 5. The third-order valence-electron chi connectivity index (χ3n) is 2.73. The summed E-state index contributed by atoms with van der Waals surface area (Å²) in [7, 11) is 1.78. The van der Waals surface area contributed by atoms with Crippen LogP contribution < -0.4 is 10.1 Å². The highest BCUT2D eigenvalue weighted by molar-refractivity contribution is 5.30. The van der Waals surface area contributed by atoms with Crippen LogP contribution in [-0.2, 0) is 19.3 Å². The quantitative estimate of drug-likeness (QED) is 0.911. The Bertz CT molecular complexity index is 564. The lowest BCUT2D eigenvalue weighted by Gasteiger charge is -2.10. The van der Waals surface area contributed by atoms with E-state index >= 15 is 0 Å². The minimum absolute atomic E-state index is 0.162. The molecule has 0 radical (unpaired) electrons. The van der Waals surface area contributed by atoms with Crippen LogP contribution in [0.2, 0.25) is 0 Å². The van der Waals surface area contributed by atoms with Gasteiger partial charge in [-0.1, -0.05) is 6.07 Å². The summed E-state index contributed by atoms with van der Waals surface area (Å²) in [4.78, 5) is 0. The van der Waals surface area contributed by atoms with Crippen molar-refractivity contribution in [1.29, 1.82) is 0 Å². The summed E-state index contributed by atoms with van der Waals surface area (Å²) < 4.78 is 48.3. The molecule has 1 heterocycles. The van der Waals surface area contributed by atoms with Crippen LogP contribution in [0, 0.1) is 0 Å². The van der Waals surface area contributed by atoms with Gasteiger partial charge in [0.1, 0.15) is 18.1 Å². The number of alkyl halides is 3.